The molecular weight excluding hydrogens is 431 g/mol. The normalized spacial score (nSPS) is 11.7. The smallest absolute Gasteiger partial charge is 0.340 e. The number of carbonyl (C=O) groups is 3. The van der Waals surface area contributed by atoms with E-state index in [1.807, 2.05) is 13.8 Å². The van der Waals surface area contributed by atoms with Gasteiger partial charge in [-0.3, -0.25) is 9.59 Å². The summed E-state index contributed by atoms with van der Waals surface area (Å²) in [7, 11) is 0. The van der Waals surface area contributed by atoms with Crippen LogP contribution in [0.3, 0.4) is 0 Å². The summed E-state index contributed by atoms with van der Waals surface area (Å²) in [4.78, 5) is 37.2. The van der Waals surface area contributed by atoms with Gasteiger partial charge < -0.3 is 15.4 Å². The largest absolute Gasteiger partial charge is 0.449 e. The van der Waals surface area contributed by atoms with Gasteiger partial charge >= 0.3 is 5.97 Å². The van der Waals surface area contributed by atoms with Crippen molar-refractivity contribution in [2.24, 2.45) is 0 Å². The molecule has 0 fully saturated rings. The fourth-order valence-corrected chi connectivity index (χ4v) is 3.38. The number of thioether (sulfide) groups is 1. The summed E-state index contributed by atoms with van der Waals surface area (Å²) < 4.78 is 19.1. The van der Waals surface area contributed by atoms with Crippen molar-refractivity contribution in [1.82, 2.24) is 5.32 Å². The molecule has 0 aliphatic heterocycles. The summed E-state index contributed by atoms with van der Waals surface area (Å²) >= 11 is 6.88. The molecule has 2 rings (SSSR count). The van der Waals surface area contributed by atoms with Crippen molar-refractivity contribution in [2.75, 3.05) is 11.1 Å². The van der Waals surface area contributed by atoms with E-state index in [2.05, 4.69) is 10.6 Å². The summed E-state index contributed by atoms with van der Waals surface area (Å²) in [6, 6.07) is 10.5. The topological polar surface area (TPSA) is 84.5 Å². The van der Waals surface area contributed by atoms with Crippen LogP contribution in [0.1, 0.15) is 31.1 Å². The maximum Gasteiger partial charge on any atom is 0.340 e. The fourth-order valence-electron chi connectivity index (χ4n) is 2.37. The number of anilines is 1. The third kappa shape index (κ3) is 7.03. The predicted octanol–water partition coefficient (Wildman–Crippen LogP) is 4.28. The second-order valence-electron chi connectivity index (χ2n) is 6.67. The number of hydrogen-bond donors (Lipinski definition) is 2. The SMILES string of the molecule is CC(C)NC(=O)CSc1ccccc1C(=O)OC(C)C(=O)Nc1ccc(Cl)cc1F. The molecule has 2 amide bonds. The molecule has 0 spiro atoms. The fraction of sp³-hybridized carbons (Fsp3) is 0.286. The molecule has 160 valence electrons. The minimum Gasteiger partial charge on any atom is -0.449 e. The average Bonchev–Trinajstić information content (AvgIpc) is 2.68. The van der Waals surface area contributed by atoms with Gasteiger partial charge in [-0.15, -0.1) is 11.8 Å². The Labute approximate surface area is 183 Å². The van der Waals surface area contributed by atoms with Gasteiger partial charge in [0.2, 0.25) is 5.91 Å². The number of esters is 1. The summed E-state index contributed by atoms with van der Waals surface area (Å²) in [5.74, 6) is -2.13. The molecule has 0 aliphatic carbocycles. The van der Waals surface area contributed by atoms with Gasteiger partial charge in [-0.05, 0) is 51.1 Å². The number of nitrogens with one attached hydrogen (secondary N) is 2. The summed E-state index contributed by atoms with van der Waals surface area (Å²) in [5, 5.41) is 5.33. The van der Waals surface area contributed by atoms with Gasteiger partial charge in [0.15, 0.2) is 6.10 Å². The third-order valence-electron chi connectivity index (χ3n) is 3.76. The van der Waals surface area contributed by atoms with E-state index in [0.29, 0.717) is 4.90 Å². The van der Waals surface area contributed by atoms with Gasteiger partial charge in [0.05, 0.1) is 17.0 Å². The monoisotopic (exact) mass is 452 g/mol. The Morgan fingerprint density at radius 3 is 2.50 bits per heavy atom. The first-order valence-electron chi connectivity index (χ1n) is 9.15. The molecule has 6 nitrogen and oxygen atoms in total. The molecule has 9 heteroatoms. The Hall–Kier alpha value is -2.58. The first kappa shape index (κ1) is 23.7. The zero-order valence-corrected chi connectivity index (χ0v) is 18.3. The second kappa shape index (κ2) is 11.0. The Kier molecular flexibility index (Phi) is 8.68. The van der Waals surface area contributed by atoms with Gasteiger partial charge in [-0.2, -0.15) is 0 Å². The molecule has 0 aliphatic rings. The van der Waals surface area contributed by atoms with Crippen molar-refractivity contribution in [1.29, 1.82) is 0 Å². The van der Waals surface area contributed by atoms with Crippen LogP contribution in [0.15, 0.2) is 47.4 Å². The van der Waals surface area contributed by atoms with E-state index >= 15 is 0 Å². The number of halogens is 2. The highest BCUT2D eigenvalue weighted by atomic mass is 35.5. The molecule has 2 aromatic rings. The lowest BCUT2D eigenvalue weighted by atomic mass is 10.2. The number of rotatable bonds is 8. The van der Waals surface area contributed by atoms with E-state index in [4.69, 9.17) is 16.3 Å². The Morgan fingerprint density at radius 1 is 1.13 bits per heavy atom. The predicted molar refractivity (Wildman–Crippen MR) is 115 cm³/mol. The molecule has 1 atom stereocenters. The number of carbonyl (C=O) groups excluding carboxylic acids is 3. The minimum atomic E-state index is -1.17. The summed E-state index contributed by atoms with van der Waals surface area (Å²) in [5.41, 5.74) is 0.164. The van der Waals surface area contributed by atoms with E-state index in [1.54, 1.807) is 24.3 Å². The number of ether oxygens (including phenoxy) is 1. The van der Waals surface area contributed by atoms with Gasteiger partial charge in [0.1, 0.15) is 5.82 Å². The maximum atomic E-state index is 13.8. The van der Waals surface area contributed by atoms with Crippen molar-refractivity contribution in [3.8, 4) is 0 Å². The van der Waals surface area contributed by atoms with Crippen molar-refractivity contribution in [3.05, 3.63) is 58.9 Å². The standard InChI is InChI=1S/C21H22ClFN2O4S/c1-12(2)24-19(26)11-30-18-7-5-4-6-15(18)21(28)29-13(3)20(27)25-17-9-8-14(22)10-16(17)23/h4-10,12-13H,11H2,1-3H3,(H,24,26)(H,25,27). The number of hydrogen-bond acceptors (Lipinski definition) is 5. The molecule has 1 unspecified atom stereocenters. The van der Waals surface area contributed by atoms with Crippen LogP contribution >= 0.6 is 23.4 Å². The second-order valence-corrected chi connectivity index (χ2v) is 8.12. The molecule has 2 aromatic carbocycles. The van der Waals surface area contributed by atoms with Crippen molar-refractivity contribution in [3.63, 3.8) is 0 Å². The lowest BCUT2D eigenvalue weighted by Crippen LogP contribution is -2.31. The van der Waals surface area contributed by atoms with Gasteiger partial charge in [0, 0.05) is 16.0 Å². The Bertz CT molecular complexity index is 939. The lowest BCUT2D eigenvalue weighted by molar-refractivity contribution is -0.123. The quantitative estimate of drug-likeness (QED) is 0.461. The molecule has 0 heterocycles. The third-order valence-corrected chi connectivity index (χ3v) is 5.07. The van der Waals surface area contributed by atoms with Crippen molar-refractivity contribution < 1.29 is 23.5 Å². The van der Waals surface area contributed by atoms with E-state index in [-0.39, 0.29) is 34.0 Å². The zero-order valence-electron chi connectivity index (χ0n) is 16.7. The van der Waals surface area contributed by atoms with Gasteiger partial charge in [-0.25, -0.2) is 9.18 Å². The Balaban J connectivity index is 2.01. The van der Waals surface area contributed by atoms with Crippen LogP contribution < -0.4 is 10.6 Å². The lowest BCUT2D eigenvalue weighted by Gasteiger charge is -2.15. The molecule has 0 radical (unpaired) electrons. The van der Waals surface area contributed by atoms with Gasteiger partial charge in [-0.1, -0.05) is 23.7 Å². The van der Waals surface area contributed by atoms with Crippen LogP contribution in [0.25, 0.3) is 0 Å². The zero-order chi connectivity index (χ0) is 22.3. The molecule has 0 aromatic heterocycles. The van der Waals surface area contributed by atoms with Crippen LogP contribution in [-0.2, 0) is 14.3 Å². The van der Waals surface area contributed by atoms with Crippen LogP contribution in [0.2, 0.25) is 5.02 Å². The summed E-state index contributed by atoms with van der Waals surface area (Å²) in [6.45, 7) is 5.10. The maximum absolute atomic E-state index is 13.8. The van der Waals surface area contributed by atoms with Crippen LogP contribution in [-0.4, -0.2) is 35.7 Å². The highest BCUT2D eigenvalue weighted by Crippen LogP contribution is 2.24. The Morgan fingerprint density at radius 2 is 1.83 bits per heavy atom. The molecule has 0 bridgehead atoms. The molecular formula is C21H22ClFN2O4S. The first-order chi connectivity index (χ1) is 14.2. The molecule has 2 N–H and O–H groups in total. The highest BCUT2D eigenvalue weighted by molar-refractivity contribution is 8.00. The van der Waals surface area contributed by atoms with Crippen molar-refractivity contribution >= 4 is 46.8 Å². The molecule has 0 saturated carbocycles. The van der Waals surface area contributed by atoms with E-state index in [9.17, 15) is 18.8 Å². The first-order valence-corrected chi connectivity index (χ1v) is 10.5. The van der Waals surface area contributed by atoms with Crippen LogP contribution in [0, 0.1) is 5.82 Å². The highest BCUT2D eigenvalue weighted by Gasteiger charge is 2.22. The van der Waals surface area contributed by atoms with Crippen LogP contribution in [0.4, 0.5) is 10.1 Å². The van der Waals surface area contributed by atoms with E-state index < -0.39 is 23.8 Å². The number of amides is 2. The molecule has 30 heavy (non-hydrogen) atoms. The van der Waals surface area contributed by atoms with Crippen LogP contribution in [0.5, 0.6) is 0 Å². The van der Waals surface area contributed by atoms with E-state index in [0.717, 1.165) is 6.07 Å². The van der Waals surface area contributed by atoms with E-state index in [1.165, 1.54) is 30.8 Å². The minimum absolute atomic E-state index is 0.0168. The average molecular weight is 453 g/mol. The van der Waals surface area contributed by atoms with Crippen molar-refractivity contribution in [2.45, 2.75) is 37.8 Å². The number of benzene rings is 2. The summed E-state index contributed by atoms with van der Waals surface area (Å²) in [6.07, 6.45) is -1.17. The molecule has 0 saturated heterocycles. The van der Waals surface area contributed by atoms with Gasteiger partial charge in [0.25, 0.3) is 5.91 Å².